The van der Waals surface area contributed by atoms with Crippen molar-refractivity contribution >= 4 is 5.91 Å². The van der Waals surface area contributed by atoms with Crippen molar-refractivity contribution in [1.29, 1.82) is 0 Å². The van der Waals surface area contributed by atoms with Crippen LogP contribution in [0.15, 0.2) is 6.07 Å². The fourth-order valence-corrected chi connectivity index (χ4v) is 2.45. The summed E-state index contributed by atoms with van der Waals surface area (Å²) in [5, 5.41) is 17.2. The van der Waals surface area contributed by atoms with Crippen LogP contribution in [0.25, 0.3) is 0 Å². The quantitative estimate of drug-likeness (QED) is 0.889. The second-order valence-electron chi connectivity index (χ2n) is 5.12. The largest absolute Gasteiger partial charge is 0.396 e. The lowest BCUT2D eigenvalue weighted by atomic mass is 9.97. The third kappa shape index (κ3) is 3.10. The minimum Gasteiger partial charge on any atom is -0.396 e. The molecule has 1 aromatic rings. The van der Waals surface area contributed by atoms with Crippen LogP contribution in [0.5, 0.6) is 0 Å². The van der Waals surface area contributed by atoms with E-state index in [0.717, 1.165) is 24.2 Å². The first-order valence-electron chi connectivity index (χ1n) is 6.89. The number of aromatic nitrogens is 2. The van der Waals surface area contributed by atoms with E-state index in [2.05, 4.69) is 10.2 Å². The van der Waals surface area contributed by atoms with Gasteiger partial charge >= 0.3 is 0 Å². The van der Waals surface area contributed by atoms with Gasteiger partial charge in [0.1, 0.15) is 0 Å². The first-order valence-corrected chi connectivity index (χ1v) is 6.89. The maximum absolute atomic E-state index is 12.5. The summed E-state index contributed by atoms with van der Waals surface area (Å²) in [6.07, 6.45) is 2.46. The Hall–Kier alpha value is -1.49. The van der Waals surface area contributed by atoms with Gasteiger partial charge in [-0.1, -0.05) is 6.92 Å². The summed E-state index contributed by atoms with van der Waals surface area (Å²) in [6.45, 7) is 5.48. The lowest BCUT2D eigenvalue weighted by Gasteiger charge is -2.31. The zero-order chi connectivity index (χ0) is 13.8. The maximum Gasteiger partial charge on any atom is 0.255 e. The van der Waals surface area contributed by atoms with Gasteiger partial charge in [-0.2, -0.15) is 10.2 Å². The van der Waals surface area contributed by atoms with Crippen LogP contribution in [0.1, 0.15) is 41.5 Å². The Labute approximate surface area is 113 Å². The number of nitrogens with zero attached hydrogens (tertiary/aromatic N) is 3. The van der Waals surface area contributed by atoms with Crippen LogP contribution in [-0.4, -0.2) is 45.8 Å². The molecule has 1 N–H and O–H groups in total. The fraction of sp³-hybridized carbons (Fsp3) is 0.643. The average molecular weight is 263 g/mol. The number of piperidine rings is 1. The molecule has 0 aromatic carbocycles. The van der Waals surface area contributed by atoms with Crippen molar-refractivity contribution in [3.8, 4) is 0 Å². The third-order valence-electron chi connectivity index (χ3n) is 3.72. The number of rotatable bonds is 3. The van der Waals surface area contributed by atoms with E-state index in [1.54, 1.807) is 0 Å². The molecule has 1 fully saturated rings. The SMILES string of the molecule is CCc1nnc(C)cc1C(=O)N1CCC(CO)CC1. The molecule has 0 aliphatic carbocycles. The van der Waals surface area contributed by atoms with Crippen molar-refractivity contribution in [1.82, 2.24) is 15.1 Å². The van der Waals surface area contributed by atoms with Crippen LogP contribution >= 0.6 is 0 Å². The van der Waals surface area contributed by atoms with Gasteiger partial charge in [0.2, 0.25) is 0 Å². The summed E-state index contributed by atoms with van der Waals surface area (Å²) < 4.78 is 0. The molecule has 0 saturated carbocycles. The second kappa shape index (κ2) is 6.10. The minimum absolute atomic E-state index is 0.0474. The molecule has 0 atom stereocenters. The summed E-state index contributed by atoms with van der Waals surface area (Å²) in [5.74, 6) is 0.387. The molecule has 1 aliphatic heterocycles. The van der Waals surface area contributed by atoms with E-state index in [9.17, 15) is 4.79 Å². The van der Waals surface area contributed by atoms with Crippen molar-refractivity contribution < 1.29 is 9.90 Å². The Morgan fingerprint density at radius 1 is 1.42 bits per heavy atom. The zero-order valence-electron chi connectivity index (χ0n) is 11.6. The molecule has 0 unspecified atom stereocenters. The average Bonchev–Trinajstić information content (AvgIpc) is 2.46. The predicted molar refractivity (Wildman–Crippen MR) is 71.9 cm³/mol. The Kier molecular flexibility index (Phi) is 4.47. The number of likely N-dealkylation sites (tertiary alicyclic amines) is 1. The zero-order valence-corrected chi connectivity index (χ0v) is 11.6. The molecule has 19 heavy (non-hydrogen) atoms. The first-order chi connectivity index (χ1) is 9.15. The lowest BCUT2D eigenvalue weighted by Crippen LogP contribution is -2.39. The highest BCUT2D eigenvalue weighted by atomic mass is 16.3. The van der Waals surface area contributed by atoms with Crippen molar-refractivity contribution in [3.05, 3.63) is 23.0 Å². The molecular formula is C14H21N3O2. The first kappa shape index (κ1) is 13.9. The monoisotopic (exact) mass is 263 g/mol. The van der Waals surface area contributed by atoms with Crippen molar-refractivity contribution in [2.45, 2.75) is 33.1 Å². The van der Waals surface area contributed by atoms with Crippen LogP contribution in [-0.2, 0) is 6.42 Å². The number of carbonyl (C=O) groups is 1. The smallest absolute Gasteiger partial charge is 0.255 e. The number of hydrogen-bond donors (Lipinski definition) is 1. The molecule has 0 bridgehead atoms. The number of hydrogen-bond acceptors (Lipinski definition) is 4. The fourth-order valence-electron chi connectivity index (χ4n) is 2.45. The molecule has 1 aliphatic rings. The number of aliphatic hydroxyl groups excluding tert-OH is 1. The number of amides is 1. The number of carbonyl (C=O) groups excluding carboxylic acids is 1. The molecule has 1 aromatic heterocycles. The Morgan fingerprint density at radius 2 is 2.11 bits per heavy atom. The van der Waals surface area contributed by atoms with Crippen LogP contribution < -0.4 is 0 Å². The van der Waals surface area contributed by atoms with Gasteiger partial charge in [-0.3, -0.25) is 4.79 Å². The van der Waals surface area contributed by atoms with E-state index >= 15 is 0 Å². The van der Waals surface area contributed by atoms with Crippen molar-refractivity contribution in [2.24, 2.45) is 5.92 Å². The van der Waals surface area contributed by atoms with E-state index in [0.29, 0.717) is 31.0 Å². The summed E-state index contributed by atoms with van der Waals surface area (Å²) in [5.41, 5.74) is 2.21. The molecule has 104 valence electrons. The van der Waals surface area contributed by atoms with Crippen LogP contribution in [0, 0.1) is 12.8 Å². The van der Waals surface area contributed by atoms with E-state index < -0.39 is 0 Å². The highest BCUT2D eigenvalue weighted by molar-refractivity contribution is 5.95. The topological polar surface area (TPSA) is 66.3 Å². The van der Waals surface area contributed by atoms with Crippen LogP contribution in [0.4, 0.5) is 0 Å². The summed E-state index contributed by atoms with van der Waals surface area (Å²) in [4.78, 5) is 14.4. The van der Waals surface area contributed by atoms with Gasteiger partial charge < -0.3 is 10.0 Å². The molecule has 5 nitrogen and oxygen atoms in total. The minimum atomic E-state index is 0.0474. The standard InChI is InChI=1S/C14H21N3O2/c1-3-13-12(8-10(2)15-16-13)14(19)17-6-4-11(9-18)5-7-17/h8,11,18H,3-7,9H2,1-2H3. The van der Waals surface area contributed by atoms with Crippen LogP contribution in [0.2, 0.25) is 0 Å². The maximum atomic E-state index is 12.5. The molecule has 2 rings (SSSR count). The predicted octanol–water partition coefficient (Wildman–Crippen LogP) is 1.19. The van der Waals surface area contributed by atoms with Gasteiger partial charge in [-0.05, 0) is 38.2 Å². The van der Waals surface area contributed by atoms with Gasteiger partial charge in [0.15, 0.2) is 0 Å². The Bertz CT molecular complexity index is 454. The molecule has 0 radical (unpaired) electrons. The Balaban J connectivity index is 2.14. The summed E-state index contributed by atoms with van der Waals surface area (Å²) in [6, 6.07) is 1.83. The van der Waals surface area contributed by atoms with E-state index in [1.807, 2.05) is 24.8 Å². The van der Waals surface area contributed by atoms with E-state index in [-0.39, 0.29) is 12.5 Å². The number of aliphatic hydroxyl groups is 1. The second-order valence-corrected chi connectivity index (χ2v) is 5.12. The summed E-state index contributed by atoms with van der Waals surface area (Å²) >= 11 is 0. The molecule has 1 saturated heterocycles. The molecule has 5 heteroatoms. The van der Waals surface area contributed by atoms with Gasteiger partial charge in [0.05, 0.1) is 17.0 Å². The summed E-state index contributed by atoms with van der Waals surface area (Å²) in [7, 11) is 0. The number of aryl methyl sites for hydroxylation is 2. The third-order valence-corrected chi connectivity index (χ3v) is 3.72. The lowest BCUT2D eigenvalue weighted by molar-refractivity contribution is 0.0649. The van der Waals surface area contributed by atoms with Gasteiger partial charge in [-0.15, -0.1) is 0 Å². The molecule has 2 heterocycles. The van der Waals surface area contributed by atoms with Crippen LogP contribution in [0.3, 0.4) is 0 Å². The highest BCUT2D eigenvalue weighted by Gasteiger charge is 2.25. The van der Waals surface area contributed by atoms with E-state index in [4.69, 9.17) is 5.11 Å². The highest BCUT2D eigenvalue weighted by Crippen LogP contribution is 2.19. The molecular weight excluding hydrogens is 242 g/mol. The van der Waals surface area contributed by atoms with Crippen molar-refractivity contribution in [3.63, 3.8) is 0 Å². The van der Waals surface area contributed by atoms with Gasteiger partial charge in [0.25, 0.3) is 5.91 Å². The van der Waals surface area contributed by atoms with Gasteiger partial charge in [0, 0.05) is 19.7 Å². The van der Waals surface area contributed by atoms with Gasteiger partial charge in [-0.25, -0.2) is 0 Å². The van der Waals surface area contributed by atoms with Crippen molar-refractivity contribution in [2.75, 3.05) is 19.7 Å². The normalized spacial score (nSPS) is 16.7. The molecule has 0 spiro atoms. The Morgan fingerprint density at radius 3 is 2.68 bits per heavy atom. The molecule has 1 amide bonds. The van der Waals surface area contributed by atoms with E-state index in [1.165, 1.54) is 0 Å².